The minimum absolute atomic E-state index is 1.16. The van der Waals surface area contributed by atoms with E-state index in [0.717, 1.165) is 5.69 Å². The molecule has 0 radical (unpaired) electrons. The van der Waals surface area contributed by atoms with E-state index in [0.29, 0.717) is 0 Å². The van der Waals surface area contributed by atoms with E-state index in [1.807, 2.05) is 22.7 Å². The van der Waals surface area contributed by atoms with Gasteiger partial charge in [-0.1, -0.05) is 127 Å². The van der Waals surface area contributed by atoms with Crippen LogP contribution in [0.5, 0.6) is 0 Å². The second-order valence-electron chi connectivity index (χ2n) is 18.8. The van der Waals surface area contributed by atoms with E-state index in [2.05, 4.69) is 250 Å². The van der Waals surface area contributed by atoms with Gasteiger partial charge in [0.25, 0.3) is 0 Å². The minimum Gasteiger partial charge on any atom is -0.309 e. The van der Waals surface area contributed by atoms with E-state index < -0.39 is 0 Å². The van der Waals surface area contributed by atoms with Crippen LogP contribution in [-0.2, 0) is 0 Å². The Labute approximate surface area is 415 Å². The Morgan fingerprint density at radius 2 is 0.690 bits per heavy atom. The number of benzene rings is 11. The fourth-order valence-electron chi connectivity index (χ4n) is 11.9. The third kappa shape index (κ3) is 5.70. The van der Waals surface area contributed by atoms with Gasteiger partial charge in [-0.05, 0) is 131 Å². The third-order valence-electron chi connectivity index (χ3n) is 15.0. The van der Waals surface area contributed by atoms with Gasteiger partial charge in [0.05, 0.1) is 33.1 Å². The van der Waals surface area contributed by atoms with Crippen molar-refractivity contribution in [3.63, 3.8) is 0 Å². The summed E-state index contributed by atoms with van der Waals surface area (Å²) in [6.45, 7) is 0. The van der Waals surface area contributed by atoms with Crippen molar-refractivity contribution < 1.29 is 0 Å². The lowest BCUT2D eigenvalue weighted by Crippen LogP contribution is -1.94. The zero-order valence-corrected chi connectivity index (χ0v) is 39.8. The molecule has 5 aromatic heterocycles. The maximum atomic E-state index is 2.47. The average molecular weight is 938 g/mol. The highest BCUT2D eigenvalue weighted by Gasteiger charge is 2.21. The molecule has 0 bridgehead atoms. The highest BCUT2D eigenvalue weighted by molar-refractivity contribution is 7.27. The van der Waals surface area contributed by atoms with Crippen LogP contribution in [0, 0.1) is 0 Å². The summed E-state index contributed by atoms with van der Waals surface area (Å²) >= 11 is 3.78. The fraction of sp³-hybridized carbons (Fsp3) is 0. The van der Waals surface area contributed by atoms with Crippen molar-refractivity contribution in [3.05, 3.63) is 237 Å². The van der Waals surface area contributed by atoms with Crippen LogP contribution in [-0.4, -0.2) is 13.7 Å². The van der Waals surface area contributed by atoms with Crippen LogP contribution in [0.4, 0.5) is 0 Å². The Kier molecular flexibility index (Phi) is 8.20. The fourth-order valence-corrected chi connectivity index (χ4v) is 14.2. The van der Waals surface area contributed by atoms with E-state index in [4.69, 9.17) is 0 Å². The second kappa shape index (κ2) is 14.9. The molecule has 0 aliphatic heterocycles. The third-order valence-corrected chi connectivity index (χ3v) is 17.4. The lowest BCUT2D eigenvalue weighted by Gasteiger charge is -2.11. The molecule has 0 saturated carbocycles. The Morgan fingerprint density at radius 3 is 1.42 bits per heavy atom. The molecule has 0 unspecified atom stereocenters. The van der Waals surface area contributed by atoms with Gasteiger partial charge in [-0.25, -0.2) is 0 Å². The van der Waals surface area contributed by atoms with Crippen molar-refractivity contribution >= 4 is 128 Å². The highest BCUT2D eigenvalue weighted by atomic mass is 32.1. The quantitative estimate of drug-likeness (QED) is 0.163. The molecule has 11 aromatic carbocycles. The molecule has 0 amide bonds. The normalized spacial score (nSPS) is 12.2. The van der Waals surface area contributed by atoms with Crippen molar-refractivity contribution in [2.75, 3.05) is 0 Å². The predicted octanol–water partition coefficient (Wildman–Crippen LogP) is 19.0. The minimum atomic E-state index is 1.16. The molecule has 0 N–H and O–H groups in total. The highest BCUT2D eigenvalue weighted by Crippen LogP contribution is 2.46. The summed E-state index contributed by atoms with van der Waals surface area (Å²) < 4.78 is 12.6. The second-order valence-corrected chi connectivity index (χ2v) is 21.0. The van der Waals surface area contributed by atoms with E-state index in [9.17, 15) is 0 Å². The van der Waals surface area contributed by atoms with Crippen LogP contribution in [0.3, 0.4) is 0 Å². The first-order valence-electron chi connectivity index (χ1n) is 24.2. The summed E-state index contributed by atoms with van der Waals surface area (Å²) in [5.41, 5.74) is 15.6. The average Bonchev–Trinajstić information content (AvgIpc) is 4.24. The molecule has 71 heavy (non-hydrogen) atoms. The number of rotatable bonds is 5. The number of fused-ring (bicyclic) bond motifs is 16. The van der Waals surface area contributed by atoms with Gasteiger partial charge in [0.2, 0.25) is 0 Å². The molecule has 0 aliphatic rings. The molecule has 3 nitrogen and oxygen atoms in total. The van der Waals surface area contributed by atoms with Crippen molar-refractivity contribution in [1.82, 2.24) is 13.7 Å². The summed E-state index contributed by atoms with van der Waals surface area (Å²) in [5, 5.41) is 12.8. The Bertz CT molecular complexity index is 4880. The number of nitrogens with zero attached hydrogens (tertiary/aromatic N) is 3. The monoisotopic (exact) mass is 937 g/mol. The molecule has 5 heterocycles. The van der Waals surface area contributed by atoms with E-state index >= 15 is 0 Å². The van der Waals surface area contributed by atoms with Crippen molar-refractivity contribution in [1.29, 1.82) is 0 Å². The van der Waals surface area contributed by atoms with Crippen LogP contribution in [0.1, 0.15) is 0 Å². The Hall–Kier alpha value is -8.74. The van der Waals surface area contributed by atoms with E-state index in [-0.39, 0.29) is 0 Å². The Balaban J connectivity index is 0.823. The lowest BCUT2D eigenvalue weighted by atomic mass is 10.0. The number of aromatic nitrogens is 3. The summed E-state index contributed by atoms with van der Waals surface area (Å²) in [7, 11) is 0. The standard InChI is InChI=1S/C66H39N3S2/c1-2-14-44(15-3-1)67-56-21-8-4-17-47(56)52-36-41(25-30-59(52)67)42-26-31-60-53(37-42)48-18-5-9-22-57(48)68(60)46-28-34-64-55(39-46)50-29-32-61-65(66(50)71-64)51-20-6-10-23-58(51)69(61)45-16-12-13-40(35-45)43-27-33-63-54(38-43)49-19-7-11-24-62(49)70-63/h1-39H. The molecule has 16 aromatic rings. The predicted molar refractivity (Wildman–Crippen MR) is 306 cm³/mol. The maximum Gasteiger partial charge on any atom is 0.0555 e. The molecular formula is C66H39N3S2. The molecule has 0 spiro atoms. The first kappa shape index (κ1) is 39.1. The molecular weight excluding hydrogens is 899 g/mol. The van der Waals surface area contributed by atoms with Crippen molar-refractivity contribution in [3.8, 4) is 39.3 Å². The molecule has 0 atom stereocenters. The summed E-state index contributed by atoms with van der Waals surface area (Å²) in [4.78, 5) is 0. The first-order valence-corrected chi connectivity index (χ1v) is 25.9. The Morgan fingerprint density at radius 1 is 0.225 bits per heavy atom. The topological polar surface area (TPSA) is 14.8 Å². The van der Waals surface area contributed by atoms with Crippen LogP contribution < -0.4 is 0 Å². The summed E-state index contributed by atoms with van der Waals surface area (Å²) in [5.74, 6) is 0. The van der Waals surface area contributed by atoms with E-state index in [1.165, 1.54) is 139 Å². The van der Waals surface area contributed by atoms with Crippen molar-refractivity contribution in [2.45, 2.75) is 0 Å². The van der Waals surface area contributed by atoms with Crippen LogP contribution in [0.25, 0.3) is 145 Å². The van der Waals surface area contributed by atoms with Crippen molar-refractivity contribution in [2.24, 2.45) is 0 Å². The zero-order chi connectivity index (χ0) is 46.3. The molecule has 5 heteroatoms. The number of para-hydroxylation sites is 4. The van der Waals surface area contributed by atoms with Crippen LogP contribution in [0.2, 0.25) is 0 Å². The van der Waals surface area contributed by atoms with Gasteiger partial charge >= 0.3 is 0 Å². The smallest absolute Gasteiger partial charge is 0.0555 e. The largest absolute Gasteiger partial charge is 0.309 e. The number of thiophene rings is 2. The summed E-state index contributed by atoms with van der Waals surface area (Å²) in [6, 6.07) is 87.8. The molecule has 0 aliphatic carbocycles. The van der Waals surface area contributed by atoms with Gasteiger partial charge in [-0.3, -0.25) is 0 Å². The van der Waals surface area contributed by atoms with Crippen LogP contribution in [0.15, 0.2) is 237 Å². The molecule has 0 fully saturated rings. The summed E-state index contributed by atoms with van der Waals surface area (Å²) in [6.07, 6.45) is 0. The number of hydrogen-bond donors (Lipinski definition) is 0. The maximum absolute atomic E-state index is 2.47. The molecule has 16 rings (SSSR count). The lowest BCUT2D eigenvalue weighted by molar-refractivity contribution is 1.18. The SMILES string of the molecule is c1ccc(-n2c3ccccc3c3cc(-c4ccc5c(c4)c4ccccc4n5-c4ccc5sc6c(ccc7c6c6ccccc6n7-c6cccc(-c7ccc8sc9ccccc9c8c7)c6)c5c4)ccc32)cc1. The van der Waals surface area contributed by atoms with E-state index in [1.54, 1.807) is 0 Å². The zero-order valence-electron chi connectivity index (χ0n) is 38.2. The molecule has 330 valence electrons. The van der Waals surface area contributed by atoms with Gasteiger partial charge in [0.15, 0.2) is 0 Å². The molecule has 0 saturated heterocycles. The van der Waals surface area contributed by atoms with Gasteiger partial charge in [0, 0.05) is 89.7 Å². The van der Waals surface area contributed by atoms with Gasteiger partial charge < -0.3 is 13.7 Å². The first-order chi connectivity index (χ1) is 35.2. The van der Waals surface area contributed by atoms with Gasteiger partial charge in [0.1, 0.15) is 0 Å². The van der Waals surface area contributed by atoms with Crippen LogP contribution >= 0.6 is 22.7 Å². The number of hydrogen-bond acceptors (Lipinski definition) is 2. The van der Waals surface area contributed by atoms with Gasteiger partial charge in [-0.2, -0.15) is 0 Å². The van der Waals surface area contributed by atoms with Gasteiger partial charge in [-0.15, -0.1) is 22.7 Å².